The molecule has 0 spiro atoms. The normalized spacial score (nSPS) is 12.4. The molecule has 1 atom stereocenters. The maximum absolute atomic E-state index is 5.76. The van der Waals surface area contributed by atoms with Crippen LogP contribution in [-0.4, -0.2) is 34.7 Å². The third-order valence-electron chi connectivity index (χ3n) is 3.55. The van der Waals surface area contributed by atoms with Gasteiger partial charge in [0.25, 0.3) is 0 Å². The molecule has 0 radical (unpaired) electrons. The van der Waals surface area contributed by atoms with Crippen molar-refractivity contribution in [2.75, 3.05) is 25.0 Å². The largest absolute Gasteiger partial charge is 0.367 e. The van der Waals surface area contributed by atoms with E-state index in [9.17, 15) is 0 Å². The molecule has 2 rings (SSSR count). The highest BCUT2D eigenvalue weighted by molar-refractivity contribution is 6.29. The average molecular weight is 305 g/mol. The van der Waals surface area contributed by atoms with Gasteiger partial charge < -0.3 is 5.32 Å². The number of anilines is 1. The first-order valence-electron chi connectivity index (χ1n) is 7.26. The molecule has 0 aliphatic heterocycles. The first-order chi connectivity index (χ1) is 10.2. The molecular formula is C16H21ClN4. The van der Waals surface area contributed by atoms with Crippen LogP contribution in [0.4, 0.5) is 5.82 Å². The van der Waals surface area contributed by atoms with Gasteiger partial charge in [-0.15, -0.1) is 10.2 Å². The lowest BCUT2D eigenvalue weighted by atomic mass is 10.1. The number of nitrogens with one attached hydrogen (secondary N) is 1. The molecule has 1 aromatic heterocycles. The minimum atomic E-state index is 0.304. The monoisotopic (exact) mass is 304 g/mol. The van der Waals surface area contributed by atoms with E-state index in [1.807, 2.05) is 12.1 Å². The first kappa shape index (κ1) is 15.7. The van der Waals surface area contributed by atoms with E-state index in [4.69, 9.17) is 11.6 Å². The first-order valence-corrected chi connectivity index (χ1v) is 7.64. The summed E-state index contributed by atoms with van der Waals surface area (Å²) in [4.78, 5) is 2.42. The smallest absolute Gasteiger partial charge is 0.151 e. The van der Waals surface area contributed by atoms with Crippen molar-refractivity contribution in [3.05, 3.63) is 53.2 Å². The van der Waals surface area contributed by atoms with Gasteiger partial charge in [0.05, 0.1) is 6.04 Å². The Labute approximate surface area is 131 Å². The maximum atomic E-state index is 5.76. The molecular weight excluding hydrogens is 284 g/mol. The van der Waals surface area contributed by atoms with Crippen molar-refractivity contribution in [1.29, 1.82) is 0 Å². The summed E-state index contributed by atoms with van der Waals surface area (Å²) in [6.07, 6.45) is 0. The number of halogens is 1. The van der Waals surface area contributed by atoms with Gasteiger partial charge in [-0.1, -0.05) is 55.8 Å². The van der Waals surface area contributed by atoms with Crippen molar-refractivity contribution in [2.45, 2.75) is 19.9 Å². The van der Waals surface area contributed by atoms with E-state index in [0.29, 0.717) is 11.2 Å². The van der Waals surface area contributed by atoms with Crippen LogP contribution in [0.2, 0.25) is 5.15 Å². The molecule has 0 aliphatic carbocycles. The van der Waals surface area contributed by atoms with Gasteiger partial charge in [0.15, 0.2) is 5.15 Å². The molecule has 1 heterocycles. The fourth-order valence-corrected chi connectivity index (χ4v) is 2.51. The molecule has 5 heteroatoms. The zero-order valence-corrected chi connectivity index (χ0v) is 13.2. The van der Waals surface area contributed by atoms with Gasteiger partial charge in [0.1, 0.15) is 5.82 Å². The van der Waals surface area contributed by atoms with E-state index in [1.165, 1.54) is 5.56 Å². The summed E-state index contributed by atoms with van der Waals surface area (Å²) < 4.78 is 0. The summed E-state index contributed by atoms with van der Waals surface area (Å²) in [5.41, 5.74) is 1.30. The molecule has 1 N–H and O–H groups in total. The summed E-state index contributed by atoms with van der Waals surface area (Å²) in [7, 11) is 0. The average Bonchev–Trinajstić information content (AvgIpc) is 2.54. The van der Waals surface area contributed by atoms with E-state index in [1.54, 1.807) is 6.07 Å². The van der Waals surface area contributed by atoms with Gasteiger partial charge >= 0.3 is 0 Å². The minimum Gasteiger partial charge on any atom is -0.367 e. The zero-order chi connectivity index (χ0) is 15.1. The predicted molar refractivity (Wildman–Crippen MR) is 87.6 cm³/mol. The fourth-order valence-electron chi connectivity index (χ4n) is 2.41. The number of hydrogen-bond acceptors (Lipinski definition) is 4. The second-order valence-electron chi connectivity index (χ2n) is 4.77. The maximum Gasteiger partial charge on any atom is 0.151 e. The Kier molecular flexibility index (Phi) is 5.96. The number of likely N-dealkylation sites (N-methyl/N-ethyl adjacent to an activating group) is 1. The number of hydrogen-bond donors (Lipinski definition) is 1. The minimum absolute atomic E-state index is 0.304. The van der Waals surface area contributed by atoms with Crippen molar-refractivity contribution < 1.29 is 0 Å². The quantitative estimate of drug-likeness (QED) is 0.848. The van der Waals surface area contributed by atoms with Crippen molar-refractivity contribution in [3.8, 4) is 0 Å². The summed E-state index contributed by atoms with van der Waals surface area (Å²) in [6, 6.07) is 14.4. The second-order valence-corrected chi connectivity index (χ2v) is 5.16. The molecule has 21 heavy (non-hydrogen) atoms. The zero-order valence-electron chi connectivity index (χ0n) is 12.5. The molecule has 0 amide bonds. The molecule has 0 bridgehead atoms. The topological polar surface area (TPSA) is 41.0 Å². The van der Waals surface area contributed by atoms with Gasteiger partial charge in [-0.25, -0.2) is 0 Å². The Morgan fingerprint density at radius 3 is 2.33 bits per heavy atom. The highest BCUT2D eigenvalue weighted by Gasteiger charge is 2.17. The SMILES string of the molecule is CCN(CC)C(CNc1ccc(Cl)nn1)c1ccccc1. The van der Waals surface area contributed by atoms with Gasteiger partial charge in [-0.05, 0) is 30.8 Å². The number of benzene rings is 1. The lowest BCUT2D eigenvalue weighted by molar-refractivity contribution is 0.228. The van der Waals surface area contributed by atoms with Crippen LogP contribution in [0.15, 0.2) is 42.5 Å². The van der Waals surface area contributed by atoms with E-state index < -0.39 is 0 Å². The van der Waals surface area contributed by atoms with Crippen LogP contribution in [-0.2, 0) is 0 Å². The highest BCUT2D eigenvalue weighted by Crippen LogP contribution is 2.21. The highest BCUT2D eigenvalue weighted by atomic mass is 35.5. The Morgan fingerprint density at radius 1 is 1.05 bits per heavy atom. The number of nitrogens with zero attached hydrogens (tertiary/aromatic N) is 3. The summed E-state index contributed by atoms with van der Waals surface area (Å²) in [5.74, 6) is 0.743. The van der Waals surface area contributed by atoms with Gasteiger partial charge in [-0.2, -0.15) is 0 Å². The Hall–Kier alpha value is -1.65. The van der Waals surface area contributed by atoms with Crippen LogP contribution in [0.1, 0.15) is 25.5 Å². The lowest BCUT2D eigenvalue weighted by Gasteiger charge is -2.30. The summed E-state index contributed by atoms with van der Waals surface area (Å²) >= 11 is 5.76. The summed E-state index contributed by atoms with van der Waals surface area (Å²) in [6.45, 7) is 7.15. The van der Waals surface area contributed by atoms with E-state index in [0.717, 1.165) is 25.5 Å². The molecule has 4 nitrogen and oxygen atoms in total. The molecule has 112 valence electrons. The van der Waals surface area contributed by atoms with E-state index in [-0.39, 0.29) is 0 Å². The van der Waals surface area contributed by atoms with Crippen LogP contribution in [0.3, 0.4) is 0 Å². The van der Waals surface area contributed by atoms with E-state index >= 15 is 0 Å². The lowest BCUT2D eigenvalue weighted by Crippen LogP contribution is -2.33. The third kappa shape index (κ3) is 4.41. The fraction of sp³-hybridized carbons (Fsp3) is 0.375. The number of aromatic nitrogens is 2. The molecule has 2 aromatic rings. The molecule has 0 saturated carbocycles. The van der Waals surface area contributed by atoms with E-state index in [2.05, 4.69) is 58.5 Å². The van der Waals surface area contributed by atoms with Crippen molar-refractivity contribution in [2.24, 2.45) is 0 Å². The van der Waals surface area contributed by atoms with Crippen LogP contribution in [0, 0.1) is 0 Å². The van der Waals surface area contributed by atoms with Crippen LogP contribution in [0.5, 0.6) is 0 Å². The van der Waals surface area contributed by atoms with Crippen LogP contribution < -0.4 is 5.32 Å². The van der Waals surface area contributed by atoms with Crippen molar-refractivity contribution >= 4 is 17.4 Å². The van der Waals surface area contributed by atoms with Crippen molar-refractivity contribution in [3.63, 3.8) is 0 Å². The van der Waals surface area contributed by atoms with Gasteiger partial charge in [-0.3, -0.25) is 4.90 Å². The second kappa shape index (κ2) is 7.96. The third-order valence-corrected chi connectivity index (χ3v) is 3.75. The summed E-state index contributed by atoms with van der Waals surface area (Å²) in [5, 5.41) is 11.6. The Balaban J connectivity index is 2.10. The molecule has 1 unspecified atom stereocenters. The molecule has 0 aliphatic rings. The van der Waals surface area contributed by atoms with Crippen LogP contribution >= 0.6 is 11.6 Å². The molecule has 0 saturated heterocycles. The van der Waals surface area contributed by atoms with Crippen molar-refractivity contribution in [1.82, 2.24) is 15.1 Å². The van der Waals surface area contributed by atoms with Gasteiger partial charge in [0, 0.05) is 6.54 Å². The predicted octanol–water partition coefficient (Wildman–Crippen LogP) is 3.63. The number of rotatable bonds is 7. The standard InChI is InChI=1S/C16H21ClN4/c1-3-21(4-2)14(13-8-6-5-7-9-13)12-18-16-11-10-15(17)19-20-16/h5-11,14H,3-4,12H2,1-2H3,(H,18,20). The van der Waals surface area contributed by atoms with Gasteiger partial charge in [0.2, 0.25) is 0 Å². The Morgan fingerprint density at radius 2 is 1.76 bits per heavy atom. The van der Waals surface area contributed by atoms with Crippen LogP contribution in [0.25, 0.3) is 0 Å². The molecule has 1 aromatic carbocycles. The Bertz CT molecular complexity index is 526. The molecule has 0 fully saturated rings.